The van der Waals surface area contributed by atoms with Crippen LogP contribution in [0, 0.1) is 5.82 Å². The fraction of sp³-hybridized carbons (Fsp3) is 0.368. The number of hydrogen-bond acceptors (Lipinski definition) is 2. The average Bonchev–Trinajstić information content (AvgIpc) is 2.84. The van der Waals surface area contributed by atoms with Crippen molar-refractivity contribution in [1.82, 2.24) is 9.47 Å². The van der Waals surface area contributed by atoms with Crippen LogP contribution in [0.1, 0.15) is 41.1 Å². The highest BCUT2D eigenvalue weighted by atomic mass is 19.1. The quantitative estimate of drug-likeness (QED) is 0.851. The molecule has 1 aromatic heterocycles. The Kier molecular flexibility index (Phi) is 4.79. The Morgan fingerprint density at radius 1 is 1.17 bits per heavy atom. The summed E-state index contributed by atoms with van der Waals surface area (Å²) in [6.45, 7) is 1.21. The molecule has 126 valence electrons. The minimum Gasteiger partial charge on any atom is -0.338 e. The normalized spacial score (nSPS) is 18.2. The van der Waals surface area contributed by atoms with E-state index in [0.29, 0.717) is 13.1 Å². The van der Waals surface area contributed by atoms with Crippen molar-refractivity contribution in [3.63, 3.8) is 0 Å². The standard InChI is InChI=1S/C19H21FN2O2/c1-21-11-4-6-17(18(21)23)19(24)22-12-3-2-5-15(13-22)14-7-9-16(20)10-8-14/h4,6-11,15H,2-3,5,12-13H2,1H3/t15-/m0/s1. The highest BCUT2D eigenvalue weighted by molar-refractivity contribution is 5.93. The van der Waals surface area contributed by atoms with Gasteiger partial charge < -0.3 is 9.47 Å². The molecule has 1 saturated heterocycles. The molecule has 3 rings (SSSR count). The van der Waals surface area contributed by atoms with E-state index in [1.54, 1.807) is 42.4 Å². The van der Waals surface area contributed by atoms with Crippen LogP contribution in [0.3, 0.4) is 0 Å². The van der Waals surface area contributed by atoms with Gasteiger partial charge in [0, 0.05) is 32.3 Å². The molecule has 4 nitrogen and oxygen atoms in total. The van der Waals surface area contributed by atoms with E-state index in [1.165, 1.54) is 16.7 Å². The van der Waals surface area contributed by atoms with Crippen molar-refractivity contribution in [2.75, 3.05) is 13.1 Å². The van der Waals surface area contributed by atoms with Gasteiger partial charge in [0.15, 0.2) is 0 Å². The zero-order valence-corrected chi connectivity index (χ0v) is 13.7. The van der Waals surface area contributed by atoms with E-state index in [0.717, 1.165) is 24.8 Å². The van der Waals surface area contributed by atoms with E-state index in [9.17, 15) is 14.0 Å². The number of pyridine rings is 1. The number of aromatic nitrogens is 1. The molecule has 1 fully saturated rings. The number of hydrogen-bond donors (Lipinski definition) is 0. The summed E-state index contributed by atoms with van der Waals surface area (Å²) in [4.78, 5) is 26.8. The lowest BCUT2D eigenvalue weighted by Gasteiger charge is -2.25. The Morgan fingerprint density at radius 3 is 2.67 bits per heavy atom. The molecule has 1 amide bonds. The second-order valence-electron chi connectivity index (χ2n) is 6.33. The maximum absolute atomic E-state index is 13.1. The lowest BCUT2D eigenvalue weighted by molar-refractivity contribution is 0.0752. The molecule has 0 bridgehead atoms. The molecular formula is C19H21FN2O2. The van der Waals surface area contributed by atoms with E-state index < -0.39 is 0 Å². The van der Waals surface area contributed by atoms with Crippen LogP contribution in [0.2, 0.25) is 0 Å². The lowest BCUT2D eigenvalue weighted by Crippen LogP contribution is -2.38. The summed E-state index contributed by atoms with van der Waals surface area (Å²) < 4.78 is 14.6. The maximum Gasteiger partial charge on any atom is 0.263 e. The number of aryl methyl sites for hydroxylation is 1. The van der Waals surface area contributed by atoms with Gasteiger partial charge in [0.25, 0.3) is 11.5 Å². The summed E-state index contributed by atoms with van der Waals surface area (Å²) in [5.41, 5.74) is 0.974. The molecule has 5 heteroatoms. The Bertz CT molecular complexity index is 783. The zero-order valence-electron chi connectivity index (χ0n) is 13.7. The van der Waals surface area contributed by atoms with Gasteiger partial charge in [0.05, 0.1) is 0 Å². The molecule has 1 aliphatic rings. The van der Waals surface area contributed by atoms with Crippen LogP contribution in [-0.2, 0) is 7.05 Å². The Morgan fingerprint density at radius 2 is 1.92 bits per heavy atom. The molecule has 2 heterocycles. The Hall–Kier alpha value is -2.43. The smallest absolute Gasteiger partial charge is 0.263 e. The molecular weight excluding hydrogens is 307 g/mol. The van der Waals surface area contributed by atoms with Gasteiger partial charge in [0.1, 0.15) is 11.4 Å². The monoisotopic (exact) mass is 328 g/mol. The fourth-order valence-corrected chi connectivity index (χ4v) is 3.26. The van der Waals surface area contributed by atoms with Crippen LogP contribution < -0.4 is 5.56 Å². The van der Waals surface area contributed by atoms with Crippen molar-refractivity contribution in [3.8, 4) is 0 Å². The molecule has 1 atom stereocenters. The molecule has 0 saturated carbocycles. The first-order chi connectivity index (χ1) is 11.6. The van der Waals surface area contributed by atoms with Gasteiger partial charge in [-0.3, -0.25) is 9.59 Å². The van der Waals surface area contributed by atoms with Gasteiger partial charge in [-0.2, -0.15) is 0 Å². The lowest BCUT2D eigenvalue weighted by atomic mass is 9.94. The van der Waals surface area contributed by atoms with Crippen molar-refractivity contribution in [2.45, 2.75) is 25.2 Å². The number of carbonyl (C=O) groups is 1. The van der Waals surface area contributed by atoms with Crippen molar-refractivity contribution >= 4 is 5.91 Å². The molecule has 1 aromatic carbocycles. The Labute approximate surface area is 140 Å². The minimum absolute atomic E-state index is 0.171. The third-order valence-electron chi connectivity index (χ3n) is 4.65. The van der Waals surface area contributed by atoms with Crippen molar-refractivity contribution < 1.29 is 9.18 Å². The van der Waals surface area contributed by atoms with Crippen LogP contribution in [0.5, 0.6) is 0 Å². The van der Waals surface area contributed by atoms with Crippen LogP contribution in [0.4, 0.5) is 4.39 Å². The number of rotatable bonds is 2. The molecule has 0 spiro atoms. The van der Waals surface area contributed by atoms with E-state index in [4.69, 9.17) is 0 Å². The van der Waals surface area contributed by atoms with Crippen molar-refractivity contribution in [2.24, 2.45) is 7.05 Å². The summed E-state index contributed by atoms with van der Waals surface area (Å²) in [6.07, 6.45) is 4.53. The third kappa shape index (κ3) is 3.40. The van der Waals surface area contributed by atoms with E-state index >= 15 is 0 Å². The average molecular weight is 328 g/mol. The van der Waals surface area contributed by atoms with Crippen LogP contribution in [0.25, 0.3) is 0 Å². The highest BCUT2D eigenvalue weighted by Gasteiger charge is 2.25. The Balaban J connectivity index is 1.84. The number of nitrogens with zero attached hydrogens (tertiary/aromatic N) is 2. The predicted molar refractivity (Wildman–Crippen MR) is 90.6 cm³/mol. The van der Waals surface area contributed by atoms with Crippen molar-refractivity contribution in [3.05, 3.63) is 69.9 Å². The van der Waals surface area contributed by atoms with Gasteiger partial charge in [-0.05, 0) is 42.7 Å². The van der Waals surface area contributed by atoms with Crippen LogP contribution in [-0.4, -0.2) is 28.5 Å². The van der Waals surface area contributed by atoms with Gasteiger partial charge in [-0.1, -0.05) is 18.6 Å². The van der Waals surface area contributed by atoms with E-state index in [2.05, 4.69) is 0 Å². The molecule has 0 N–H and O–H groups in total. The van der Waals surface area contributed by atoms with Crippen molar-refractivity contribution in [1.29, 1.82) is 0 Å². The van der Waals surface area contributed by atoms with Gasteiger partial charge >= 0.3 is 0 Å². The number of amides is 1. The molecule has 1 aliphatic heterocycles. The molecule has 0 aliphatic carbocycles. The number of carbonyl (C=O) groups excluding carboxylic acids is 1. The minimum atomic E-state index is -0.273. The summed E-state index contributed by atoms with van der Waals surface area (Å²) in [5, 5.41) is 0. The largest absolute Gasteiger partial charge is 0.338 e. The number of benzene rings is 1. The second-order valence-corrected chi connectivity index (χ2v) is 6.33. The summed E-state index contributed by atoms with van der Waals surface area (Å²) >= 11 is 0. The third-order valence-corrected chi connectivity index (χ3v) is 4.65. The maximum atomic E-state index is 13.1. The number of likely N-dealkylation sites (tertiary alicyclic amines) is 1. The van der Waals surface area contributed by atoms with Crippen LogP contribution in [0.15, 0.2) is 47.4 Å². The van der Waals surface area contributed by atoms with Gasteiger partial charge in [0.2, 0.25) is 0 Å². The second kappa shape index (κ2) is 6.99. The first-order valence-corrected chi connectivity index (χ1v) is 8.26. The van der Waals surface area contributed by atoms with Gasteiger partial charge in [-0.15, -0.1) is 0 Å². The fourth-order valence-electron chi connectivity index (χ4n) is 3.26. The van der Waals surface area contributed by atoms with E-state index in [1.807, 2.05) is 0 Å². The molecule has 0 radical (unpaired) electrons. The molecule has 2 aromatic rings. The summed E-state index contributed by atoms with van der Waals surface area (Å²) in [6, 6.07) is 9.79. The zero-order chi connectivity index (χ0) is 17.1. The number of halogens is 1. The predicted octanol–water partition coefficient (Wildman–Crippen LogP) is 2.93. The highest BCUT2D eigenvalue weighted by Crippen LogP contribution is 2.27. The summed E-state index contributed by atoms with van der Waals surface area (Å²) in [7, 11) is 1.64. The molecule has 24 heavy (non-hydrogen) atoms. The first kappa shape index (κ1) is 16.4. The van der Waals surface area contributed by atoms with E-state index in [-0.39, 0.29) is 28.8 Å². The van der Waals surface area contributed by atoms with Crippen LogP contribution >= 0.6 is 0 Å². The SMILES string of the molecule is Cn1cccc(C(=O)N2CCCC[C@H](c3ccc(F)cc3)C2)c1=O. The first-order valence-electron chi connectivity index (χ1n) is 8.26. The molecule has 0 unspecified atom stereocenters. The topological polar surface area (TPSA) is 42.3 Å². The summed E-state index contributed by atoms with van der Waals surface area (Å²) in [5.74, 6) is -0.303. The van der Waals surface area contributed by atoms with Gasteiger partial charge in [-0.25, -0.2) is 4.39 Å².